The topological polar surface area (TPSA) is 46.8 Å². The van der Waals surface area contributed by atoms with Crippen molar-refractivity contribution in [1.29, 1.82) is 0 Å². The quantitative estimate of drug-likeness (QED) is 0.602. The minimum atomic E-state index is -0.879. The molecule has 3 rings (SSSR count). The molecule has 0 N–H and O–H groups in total. The molecule has 142 valence electrons. The maximum absolute atomic E-state index is 12.7. The van der Waals surface area contributed by atoms with Crippen molar-refractivity contribution in [3.05, 3.63) is 53.3 Å². The van der Waals surface area contributed by atoms with Crippen LogP contribution in [0.25, 0.3) is 16.9 Å². The largest absolute Gasteiger partial charge is 0.463 e. The summed E-state index contributed by atoms with van der Waals surface area (Å²) in [7, 11) is 0. The fourth-order valence-corrected chi connectivity index (χ4v) is 3.23. The van der Waals surface area contributed by atoms with Gasteiger partial charge < -0.3 is 14.0 Å². The number of carbonyl (C=O) groups is 1. The van der Waals surface area contributed by atoms with E-state index in [2.05, 4.69) is 4.98 Å². The second kappa shape index (κ2) is 8.39. The van der Waals surface area contributed by atoms with E-state index in [1.165, 1.54) is 0 Å². The highest BCUT2D eigenvalue weighted by Crippen LogP contribution is 2.28. The maximum Gasteiger partial charge on any atom is 0.228 e. The molecule has 27 heavy (non-hydrogen) atoms. The van der Waals surface area contributed by atoms with Crippen LogP contribution in [0.1, 0.15) is 19.5 Å². The standard InChI is InChI=1S/C20H21ClFN3O2/c1-3-24(4-2)19(26)11-17-20(14-5-8-16(9-6-14)27-13-22)23-18-10-7-15(21)12-25(17)18/h5-10,12H,3-4,11,13H2,1-2H3. The molecule has 3 aromatic rings. The Labute approximate surface area is 162 Å². The lowest BCUT2D eigenvalue weighted by Crippen LogP contribution is -2.32. The van der Waals surface area contributed by atoms with E-state index in [1.807, 2.05) is 24.3 Å². The monoisotopic (exact) mass is 389 g/mol. The van der Waals surface area contributed by atoms with Gasteiger partial charge in [-0.2, -0.15) is 0 Å². The third-order valence-electron chi connectivity index (χ3n) is 4.47. The van der Waals surface area contributed by atoms with E-state index in [0.717, 1.165) is 11.3 Å². The van der Waals surface area contributed by atoms with E-state index in [4.69, 9.17) is 16.3 Å². The number of benzene rings is 1. The van der Waals surface area contributed by atoms with Crippen molar-refractivity contribution in [2.24, 2.45) is 0 Å². The first-order valence-corrected chi connectivity index (χ1v) is 9.18. The first-order chi connectivity index (χ1) is 13.1. The van der Waals surface area contributed by atoms with Crippen molar-refractivity contribution >= 4 is 23.2 Å². The lowest BCUT2D eigenvalue weighted by molar-refractivity contribution is -0.130. The number of carbonyl (C=O) groups excluding carboxylic acids is 1. The number of rotatable bonds is 7. The molecule has 0 fully saturated rings. The van der Waals surface area contributed by atoms with Crippen LogP contribution >= 0.6 is 11.6 Å². The van der Waals surface area contributed by atoms with Crippen LogP contribution in [0.15, 0.2) is 42.6 Å². The summed E-state index contributed by atoms with van der Waals surface area (Å²) in [6.45, 7) is 4.33. The van der Waals surface area contributed by atoms with Crippen LogP contribution in [-0.2, 0) is 11.2 Å². The molecule has 0 aliphatic heterocycles. The van der Waals surface area contributed by atoms with Gasteiger partial charge in [0.1, 0.15) is 11.4 Å². The van der Waals surface area contributed by atoms with Gasteiger partial charge in [-0.1, -0.05) is 11.6 Å². The molecule has 0 atom stereocenters. The van der Waals surface area contributed by atoms with Gasteiger partial charge in [-0.25, -0.2) is 9.37 Å². The zero-order valence-corrected chi connectivity index (χ0v) is 16.0. The number of aromatic nitrogens is 2. The Hall–Kier alpha value is -2.60. The summed E-state index contributed by atoms with van der Waals surface area (Å²) in [4.78, 5) is 19.2. The zero-order chi connectivity index (χ0) is 19.4. The summed E-state index contributed by atoms with van der Waals surface area (Å²) in [5.74, 6) is 0.467. The van der Waals surface area contributed by atoms with Crippen LogP contribution in [0.3, 0.4) is 0 Å². The van der Waals surface area contributed by atoms with Crippen molar-refractivity contribution in [1.82, 2.24) is 14.3 Å². The SMILES string of the molecule is CCN(CC)C(=O)Cc1c(-c2ccc(OCF)cc2)nc2ccc(Cl)cn12. The Morgan fingerprint density at radius 1 is 1.19 bits per heavy atom. The molecule has 0 unspecified atom stereocenters. The van der Waals surface area contributed by atoms with Crippen molar-refractivity contribution in [2.75, 3.05) is 20.0 Å². The van der Waals surface area contributed by atoms with Crippen LogP contribution in [0.5, 0.6) is 5.75 Å². The number of alkyl halides is 1. The van der Waals surface area contributed by atoms with E-state index in [0.29, 0.717) is 35.2 Å². The van der Waals surface area contributed by atoms with Gasteiger partial charge in [-0.3, -0.25) is 4.79 Å². The normalized spacial score (nSPS) is 11.0. The molecular weight excluding hydrogens is 369 g/mol. The summed E-state index contributed by atoms with van der Waals surface area (Å²) in [5.41, 5.74) is 3.00. The molecule has 5 nitrogen and oxygen atoms in total. The molecular formula is C20H21ClFN3O2. The minimum absolute atomic E-state index is 0.0282. The lowest BCUT2D eigenvalue weighted by Gasteiger charge is -2.18. The molecule has 0 bridgehead atoms. The number of fused-ring (bicyclic) bond motifs is 1. The van der Waals surface area contributed by atoms with Crippen molar-refractivity contribution < 1.29 is 13.9 Å². The Bertz CT molecular complexity index is 936. The third-order valence-corrected chi connectivity index (χ3v) is 4.69. The molecule has 0 aliphatic rings. The summed E-state index contributed by atoms with van der Waals surface area (Å²) in [6.07, 6.45) is 1.97. The molecule has 0 saturated heterocycles. The van der Waals surface area contributed by atoms with Crippen LogP contribution < -0.4 is 4.74 Å². The highest BCUT2D eigenvalue weighted by Gasteiger charge is 2.19. The van der Waals surface area contributed by atoms with E-state index < -0.39 is 6.86 Å². The number of hydrogen-bond acceptors (Lipinski definition) is 3. The number of nitrogens with zero attached hydrogens (tertiary/aromatic N) is 3. The molecule has 0 spiro atoms. The molecule has 7 heteroatoms. The van der Waals surface area contributed by atoms with Gasteiger partial charge in [-0.15, -0.1) is 0 Å². The smallest absolute Gasteiger partial charge is 0.228 e. The van der Waals surface area contributed by atoms with E-state index >= 15 is 0 Å². The van der Waals surface area contributed by atoms with E-state index in [1.54, 1.807) is 41.4 Å². The highest BCUT2D eigenvalue weighted by atomic mass is 35.5. The van der Waals surface area contributed by atoms with Crippen molar-refractivity contribution in [3.8, 4) is 17.0 Å². The van der Waals surface area contributed by atoms with Gasteiger partial charge in [0, 0.05) is 24.8 Å². The molecule has 2 aromatic heterocycles. The van der Waals surface area contributed by atoms with Crippen LogP contribution in [-0.4, -0.2) is 40.1 Å². The number of pyridine rings is 1. The molecule has 0 aliphatic carbocycles. The molecule has 1 aromatic carbocycles. The summed E-state index contributed by atoms with van der Waals surface area (Å²) < 4.78 is 19.0. The number of ether oxygens (including phenoxy) is 1. The van der Waals surface area contributed by atoms with Crippen molar-refractivity contribution in [2.45, 2.75) is 20.3 Å². The molecule has 0 radical (unpaired) electrons. The van der Waals surface area contributed by atoms with Gasteiger partial charge >= 0.3 is 0 Å². The van der Waals surface area contributed by atoms with Crippen LogP contribution in [0, 0.1) is 0 Å². The number of amides is 1. The lowest BCUT2D eigenvalue weighted by atomic mass is 10.1. The van der Waals surface area contributed by atoms with E-state index in [-0.39, 0.29) is 12.3 Å². The van der Waals surface area contributed by atoms with Gasteiger partial charge in [0.05, 0.1) is 22.8 Å². The molecule has 1 amide bonds. The van der Waals surface area contributed by atoms with E-state index in [9.17, 15) is 9.18 Å². The molecule has 0 saturated carbocycles. The van der Waals surface area contributed by atoms with Crippen LogP contribution in [0.4, 0.5) is 4.39 Å². The van der Waals surface area contributed by atoms with Gasteiger partial charge in [0.15, 0.2) is 0 Å². The Morgan fingerprint density at radius 2 is 1.89 bits per heavy atom. The predicted molar refractivity (Wildman–Crippen MR) is 104 cm³/mol. The fourth-order valence-electron chi connectivity index (χ4n) is 3.07. The van der Waals surface area contributed by atoms with Gasteiger partial charge in [0.25, 0.3) is 0 Å². The first-order valence-electron chi connectivity index (χ1n) is 8.80. The van der Waals surface area contributed by atoms with Gasteiger partial charge in [-0.05, 0) is 50.2 Å². The number of imidazole rings is 1. The second-order valence-corrected chi connectivity index (χ2v) is 6.44. The first kappa shape index (κ1) is 19.2. The second-order valence-electron chi connectivity index (χ2n) is 6.00. The Kier molecular flexibility index (Phi) is 5.96. The summed E-state index contributed by atoms with van der Waals surface area (Å²) >= 11 is 6.16. The number of halogens is 2. The average molecular weight is 390 g/mol. The Balaban J connectivity index is 2.07. The minimum Gasteiger partial charge on any atom is -0.463 e. The number of likely N-dealkylation sites (N-methyl/N-ethyl adjacent to an activating group) is 1. The zero-order valence-electron chi connectivity index (χ0n) is 15.3. The van der Waals surface area contributed by atoms with Crippen molar-refractivity contribution in [3.63, 3.8) is 0 Å². The third kappa shape index (κ3) is 4.06. The fraction of sp³-hybridized carbons (Fsp3) is 0.300. The average Bonchev–Trinajstić information content (AvgIpc) is 3.01. The summed E-state index contributed by atoms with van der Waals surface area (Å²) in [5, 5.41) is 0.565. The Morgan fingerprint density at radius 3 is 2.52 bits per heavy atom. The molecule has 2 heterocycles. The van der Waals surface area contributed by atoms with Gasteiger partial charge in [0.2, 0.25) is 12.8 Å². The highest BCUT2D eigenvalue weighted by molar-refractivity contribution is 6.30. The number of hydrogen-bond donors (Lipinski definition) is 0. The summed E-state index contributed by atoms with van der Waals surface area (Å²) in [6, 6.07) is 10.6. The predicted octanol–water partition coefficient (Wildman–Crippen LogP) is 4.37. The maximum atomic E-state index is 12.7. The van der Waals surface area contributed by atoms with Crippen LogP contribution in [0.2, 0.25) is 5.02 Å².